The van der Waals surface area contributed by atoms with E-state index < -0.39 is 71.4 Å². The highest BCUT2D eigenvalue weighted by atomic mass is 35.5. The molecule has 1 fully saturated rings. The number of nitriles is 1. The van der Waals surface area contributed by atoms with Crippen LogP contribution >= 0.6 is 11.6 Å². The minimum Gasteiger partial charge on any atom is -0.447 e. The number of benzene rings is 1. The van der Waals surface area contributed by atoms with Crippen molar-refractivity contribution < 1.29 is 36.3 Å². The Hall–Kier alpha value is -4.52. The second kappa shape index (κ2) is 12.7. The molecule has 1 aromatic heterocycles. The first-order chi connectivity index (χ1) is 22.8. The number of aliphatic imine (C=N–C) groups is 1. The van der Waals surface area contributed by atoms with Crippen LogP contribution in [0.4, 0.5) is 26.7 Å². The number of amides is 2. The van der Waals surface area contributed by atoms with Gasteiger partial charge in [-0.15, -0.1) is 0 Å². The summed E-state index contributed by atoms with van der Waals surface area (Å²) in [7, 11) is 0. The van der Waals surface area contributed by atoms with Gasteiger partial charge in [-0.25, -0.2) is 28.2 Å². The molecule has 1 aromatic carbocycles. The predicted molar refractivity (Wildman–Crippen MR) is 168 cm³/mol. The summed E-state index contributed by atoms with van der Waals surface area (Å²) in [5.74, 6) is -3.02. The Morgan fingerprint density at radius 3 is 2.41 bits per heavy atom. The summed E-state index contributed by atoms with van der Waals surface area (Å²) in [5.41, 5.74) is 2.75. The molecule has 2 amide bonds. The lowest BCUT2D eigenvalue weighted by molar-refractivity contribution is -0.164. The molecule has 5 rings (SSSR count). The van der Waals surface area contributed by atoms with Gasteiger partial charge in [-0.3, -0.25) is 9.69 Å². The smallest absolute Gasteiger partial charge is 0.411 e. The van der Waals surface area contributed by atoms with Crippen molar-refractivity contribution in [2.75, 3.05) is 6.61 Å². The van der Waals surface area contributed by atoms with Crippen LogP contribution in [0.25, 0.3) is 5.70 Å². The Morgan fingerprint density at radius 1 is 1.20 bits per heavy atom. The predicted octanol–water partition coefficient (Wildman–Crippen LogP) is 6.00. The van der Waals surface area contributed by atoms with Crippen molar-refractivity contribution >= 4 is 35.3 Å². The van der Waals surface area contributed by atoms with Crippen LogP contribution in [0.2, 0.25) is 0 Å². The van der Waals surface area contributed by atoms with Crippen LogP contribution in [0.3, 0.4) is 0 Å². The van der Waals surface area contributed by atoms with Gasteiger partial charge < -0.3 is 15.8 Å². The van der Waals surface area contributed by atoms with Gasteiger partial charge >= 0.3 is 12.3 Å². The second-order valence-electron chi connectivity index (χ2n) is 13.6. The molecule has 49 heavy (non-hydrogen) atoms. The van der Waals surface area contributed by atoms with Crippen LogP contribution in [-0.2, 0) is 15.1 Å². The number of alkyl halides is 5. The number of halogens is 6. The monoisotopic (exact) mass is 708 g/mol. The first-order valence-electron chi connectivity index (χ1n) is 15.3. The molecule has 0 radical (unpaired) electrons. The molecule has 2 heterocycles. The molecule has 0 spiro atoms. The highest BCUT2D eigenvalue weighted by molar-refractivity contribution is 6.35. The zero-order valence-corrected chi connectivity index (χ0v) is 27.7. The Labute approximate surface area is 283 Å². The summed E-state index contributed by atoms with van der Waals surface area (Å²) in [6, 6.07) is 7.06. The first-order valence-corrected chi connectivity index (χ1v) is 15.7. The largest absolute Gasteiger partial charge is 0.447 e. The van der Waals surface area contributed by atoms with E-state index in [4.69, 9.17) is 22.1 Å². The number of rotatable bonds is 9. The van der Waals surface area contributed by atoms with Gasteiger partial charge in [0.25, 0.3) is 12.3 Å². The van der Waals surface area contributed by atoms with Gasteiger partial charge in [0.15, 0.2) is 17.3 Å². The van der Waals surface area contributed by atoms with Crippen LogP contribution < -0.4 is 11.1 Å². The van der Waals surface area contributed by atoms with Crippen molar-refractivity contribution in [2.45, 2.75) is 76.7 Å². The fraction of sp³-hybridized carbons (Fsp3) is 0.500. The van der Waals surface area contributed by atoms with E-state index in [9.17, 15) is 36.8 Å². The normalized spacial score (nSPS) is 24.2. The van der Waals surface area contributed by atoms with Crippen molar-refractivity contribution in [3.05, 3.63) is 64.7 Å². The summed E-state index contributed by atoms with van der Waals surface area (Å²) in [5, 5.41) is 15.2. The number of nitrogens with one attached hydrogen (secondary N) is 1. The molecule has 0 bridgehead atoms. The Balaban J connectivity index is 1.58. The molecule has 262 valence electrons. The number of alkyl carbamates (subject to hydrolysis) is 1. The molecule has 11 nitrogen and oxygen atoms in total. The van der Waals surface area contributed by atoms with Crippen molar-refractivity contribution in [3.8, 4) is 6.07 Å². The molecule has 3 N–H and O–H groups in total. The minimum absolute atomic E-state index is 0.00349. The number of hydrogen-bond acceptors (Lipinski definition) is 8. The third-order valence-corrected chi connectivity index (χ3v) is 9.13. The minimum atomic E-state index is -4.71. The summed E-state index contributed by atoms with van der Waals surface area (Å²) >= 11 is 6.51. The lowest BCUT2D eigenvalue weighted by Crippen LogP contribution is -2.55. The quantitative estimate of drug-likeness (QED) is 0.304. The van der Waals surface area contributed by atoms with Gasteiger partial charge in [-0.2, -0.15) is 23.5 Å². The second-order valence-corrected chi connectivity index (χ2v) is 14.0. The fourth-order valence-electron chi connectivity index (χ4n) is 6.33. The summed E-state index contributed by atoms with van der Waals surface area (Å²) < 4.78 is 74.7. The SMILES string of the molecule is CC1C=C(Cl)C(n2ncnc2C(F)F)=CC1[C@@H](COC(=O)NC1(C(F)(F)F)CC1)N1C(=O)[C@@](CC(C)(C)C)(c2ccc(C#N)cc2)N=C1N. The zero-order chi connectivity index (χ0) is 36.1. The maximum Gasteiger partial charge on any atom is 0.411 e. The number of ether oxygens (including phenoxy) is 1. The van der Waals surface area contributed by atoms with Crippen molar-refractivity contribution in [2.24, 2.45) is 28.0 Å². The summed E-state index contributed by atoms with van der Waals surface area (Å²) in [4.78, 5) is 37.0. The number of nitrogens with two attached hydrogens (primary N) is 1. The number of aromatic nitrogens is 3. The van der Waals surface area contributed by atoms with Crippen LogP contribution in [0.15, 0.2) is 52.8 Å². The van der Waals surface area contributed by atoms with Crippen molar-refractivity contribution in [1.82, 2.24) is 25.0 Å². The average molecular weight is 709 g/mol. The number of allylic oxidation sites excluding steroid dienone is 3. The highest BCUT2D eigenvalue weighted by Crippen LogP contribution is 2.49. The molecular weight excluding hydrogens is 675 g/mol. The van der Waals surface area contributed by atoms with Crippen LogP contribution in [0.5, 0.6) is 0 Å². The molecule has 2 unspecified atom stereocenters. The zero-order valence-electron chi connectivity index (χ0n) is 26.9. The highest BCUT2D eigenvalue weighted by Gasteiger charge is 2.65. The van der Waals surface area contributed by atoms with E-state index in [1.165, 1.54) is 24.3 Å². The Morgan fingerprint density at radius 2 is 1.86 bits per heavy atom. The van der Waals surface area contributed by atoms with E-state index in [1.54, 1.807) is 19.1 Å². The maximum atomic E-state index is 14.8. The van der Waals surface area contributed by atoms with Crippen molar-refractivity contribution in [3.63, 3.8) is 0 Å². The summed E-state index contributed by atoms with van der Waals surface area (Å²) in [6.07, 6.45) is -5.68. The van der Waals surface area contributed by atoms with E-state index in [0.717, 1.165) is 15.9 Å². The first kappa shape index (κ1) is 35.8. The van der Waals surface area contributed by atoms with E-state index in [0.29, 0.717) is 11.1 Å². The molecule has 2 aliphatic carbocycles. The maximum absolute atomic E-state index is 14.8. The number of carbonyl (C=O) groups is 2. The van der Waals surface area contributed by atoms with Crippen molar-refractivity contribution in [1.29, 1.82) is 5.26 Å². The average Bonchev–Trinajstić information content (AvgIpc) is 3.55. The van der Waals surface area contributed by atoms with E-state index in [1.807, 2.05) is 32.2 Å². The molecule has 1 aliphatic heterocycles. The van der Waals surface area contributed by atoms with Gasteiger partial charge in [0.05, 0.1) is 28.4 Å². The van der Waals surface area contributed by atoms with E-state index in [-0.39, 0.29) is 36.0 Å². The summed E-state index contributed by atoms with van der Waals surface area (Å²) in [6.45, 7) is 6.72. The van der Waals surface area contributed by atoms with E-state index >= 15 is 0 Å². The van der Waals surface area contributed by atoms with Gasteiger partial charge in [0.2, 0.25) is 0 Å². The van der Waals surface area contributed by atoms with Gasteiger partial charge in [0, 0.05) is 5.92 Å². The van der Waals surface area contributed by atoms with Crippen LogP contribution in [0.1, 0.15) is 70.3 Å². The Bertz CT molecular complexity index is 1750. The van der Waals surface area contributed by atoms with Gasteiger partial charge in [0.1, 0.15) is 18.5 Å². The number of nitrogens with zero attached hydrogens (tertiary/aromatic N) is 6. The molecular formula is C32H34ClF5N8O3. The lowest BCUT2D eigenvalue weighted by atomic mass is 9.75. The fourth-order valence-corrected chi connectivity index (χ4v) is 6.67. The van der Waals surface area contributed by atoms with Crippen LogP contribution in [-0.4, -0.2) is 62.0 Å². The Kier molecular flexibility index (Phi) is 9.30. The standard InChI is InChI=1S/C32H34ClF5N8O3/c1-17-11-21(33)22(46-25(24(34)35)41-16-42-46)12-20(17)23(14-49-28(48)44-30(9-10-30)32(36,37)38)45-26(47)31(43-27(45)40,15-29(2,3)4)19-7-5-18(13-39)6-8-19/h5-8,11-12,16-17,20,23-24H,9-10,14-15H2,1-4H3,(H2,40,43)(H,44,48)/t17?,20?,23-,31-/m1/s1. The number of guanidine groups is 1. The number of carbonyl (C=O) groups excluding carboxylic acids is 2. The lowest BCUT2D eigenvalue weighted by Gasteiger charge is -2.39. The van der Waals surface area contributed by atoms with E-state index in [2.05, 4.69) is 15.1 Å². The third-order valence-electron chi connectivity index (χ3n) is 8.81. The molecule has 2 aromatic rings. The third kappa shape index (κ3) is 6.85. The molecule has 4 atom stereocenters. The van der Waals surface area contributed by atoms with Crippen LogP contribution in [0, 0.1) is 28.6 Å². The molecule has 1 saturated carbocycles. The molecule has 3 aliphatic rings. The van der Waals surface area contributed by atoms with Gasteiger partial charge in [-0.05, 0) is 48.3 Å². The number of hydrogen-bond donors (Lipinski definition) is 2. The topological polar surface area (TPSA) is 152 Å². The molecule has 17 heteroatoms. The van der Waals surface area contributed by atoms with Gasteiger partial charge in [-0.1, -0.05) is 63.6 Å². The molecule has 0 saturated heterocycles.